The number of carboxylic acid groups (broad SMARTS) is 1. The lowest BCUT2D eigenvalue weighted by atomic mass is 10.1. The molecule has 0 unspecified atom stereocenters. The number of carboxylic acids is 1. The van der Waals surface area contributed by atoms with Gasteiger partial charge in [0.15, 0.2) is 5.82 Å². The monoisotopic (exact) mass is 412 g/mol. The number of fused-ring (bicyclic) bond motifs is 1. The van der Waals surface area contributed by atoms with Crippen LogP contribution in [0.2, 0.25) is 0 Å². The van der Waals surface area contributed by atoms with Gasteiger partial charge >= 0.3 is 5.97 Å². The van der Waals surface area contributed by atoms with E-state index in [0.29, 0.717) is 11.0 Å². The molecule has 8 nitrogen and oxygen atoms in total. The summed E-state index contributed by atoms with van der Waals surface area (Å²) in [6, 6.07) is 16.6. The Hall–Kier alpha value is -4.07. The van der Waals surface area contributed by atoms with Crippen LogP contribution in [0.4, 0.5) is 11.8 Å². The number of nitrogens with zero attached hydrogens (tertiary/aromatic N) is 6. The van der Waals surface area contributed by atoms with Crippen molar-refractivity contribution in [2.75, 3.05) is 36.0 Å². The van der Waals surface area contributed by atoms with Crippen LogP contribution in [0.5, 0.6) is 0 Å². The van der Waals surface area contributed by atoms with Gasteiger partial charge in [0.1, 0.15) is 5.69 Å². The summed E-state index contributed by atoms with van der Waals surface area (Å²) in [5.41, 5.74) is 3.21. The lowest BCUT2D eigenvalue weighted by Crippen LogP contribution is -2.47. The SMILES string of the molecule is O=C(O)c1ccc2nc(-c3ccccc3)c(N3CCN(c4ncccn4)CC3)nc2c1. The average molecular weight is 412 g/mol. The first kappa shape index (κ1) is 18.9. The highest BCUT2D eigenvalue weighted by atomic mass is 16.4. The summed E-state index contributed by atoms with van der Waals surface area (Å²) in [5.74, 6) is 0.504. The maximum atomic E-state index is 11.4. The molecule has 1 N–H and O–H groups in total. The molecule has 1 fully saturated rings. The maximum absolute atomic E-state index is 11.4. The Labute approximate surface area is 178 Å². The van der Waals surface area contributed by atoms with Gasteiger partial charge in [-0.2, -0.15) is 0 Å². The number of carbonyl (C=O) groups is 1. The highest BCUT2D eigenvalue weighted by Gasteiger charge is 2.24. The quantitative estimate of drug-likeness (QED) is 0.546. The van der Waals surface area contributed by atoms with Crippen molar-refractivity contribution in [1.82, 2.24) is 19.9 Å². The van der Waals surface area contributed by atoms with Gasteiger partial charge in [0.05, 0.1) is 16.6 Å². The second-order valence-electron chi connectivity index (χ2n) is 7.29. The molecule has 0 spiro atoms. The van der Waals surface area contributed by atoms with Gasteiger partial charge in [-0.3, -0.25) is 0 Å². The van der Waals surface area contributed by atoms with E-state index in [-0.39, 0.29) is 5.56 Å². The first-order chi connectivity index (χ1) is 15.2. The van der Waals surface area contributed by atoms with Crippen LogP contribution < -0.4 is 9.80 Å². The van der Waals surface area contributed by atoms with E-state index < -0.39 is 5.97 Å². The van der Waals surface area contributed by atoms with Gasteiger partial charge in [0, 0.05) is 44.1 Å². The second-order valence-corrected chi connectivity index (χ2v) is 7.29. The van der Waals surface area contributed by atoms with E-state index in [9.17, 15) is 9.90 Å². The maximum Gasteiger partial charge on any atom is 0.335 e. The van der Waals surface area contributed by atoms with Crippen molar-refractivity contribution in [2.45, 2.75) is 0 Å². The molecule has 2 aromatic heterocycles. The zero-order chi connectivity index (χ0) is 21.2. The van der Waals surface area contributed by atoms with E-state index in [1.165, 1.54) is 0 Å². The number of rotatable bonds is 4. The fourth-order valence-electron chi connectivity index (χ4n) is 3.76. The third-order valence-electron chi connectivity index (χ3n) is 5.35. The molecule has 154 valence electrons. The van der Waals surface area contributed by atoms with Gasteiger partial charge in [0.2, 0.25) is 5.95 Å². The van der Waals surface area contributed by atoms with Gasteiger partial charge < -0.3 is 14.9 Å². The van der Waals surface area contributed by atoms with Crippen LogP contribution >= 0.6 is 0 Å². The smallest absolute Gasteiger partial charge is 0.335 e. The van der Waals surface area contributed by atoms with E-state index in [4.69, 9.17) is 9.97 Å². The summed E-state index contributed by atoms with van der Waals surface area (Å²) in [4.78, 5) is 34.2. The molecule has 0 bridgehead atoms. The standard InChI is InChI=1S/C23H20N6O2/c30-22(31)17-7-8-18-19(15-17)27-21(20(26-18)16-5-2-1-3-6-16)28-11-13-29(14-12-28)23-24-9-4-10-25-23/h1-10,15H,11-14H2,(H,30,31). The van der Waals surface area contributed by atoms with Crippen molar-refractivity contribution in [3.05, 3.63) is 72.6 Å². The van der Waals surface area contributed by atoms with Crippen LogP contribution in [0.1, 0.15) is 10.4 Å². The molecular weight excluding hydrogens is 392 g/mol. The highest BCUT2D eigenvalue weighted by molar-refractivity contribution is 5.93. The predicted molar refractivity (Wildman–Crippen MR) is 118 cm³/mol. The largest absolute Gasteiger partial charge is 0.478 e. The van der Waals surface area contributed by atoms with Crippen LogP contribution in [0.3, 0.4) is 0 Å². The van der Waals surface area contributed by atoms with E-state index in [0.717, 1.165) is 49.2 Å². The Balaban J connectivity index is 1.53. The Morgan fingerprint density at radius 1 is 0.806 bits per heavy atom. The molecule has 0 aliphatic carbocycles. The summed E-state index contributed by atoms with van der Waals surface area (Å²) in [6.45, 7) is 2.98. The Morgan fingerprint density at radius 2 is 1.52 bits per heavy atom. The van der Waals surface area contributed by atoms with Crippen molar-refractivity contribution >= 4 is 28.8 Å². The molecule has 1 aliphatic heterocycles. The topological polar surface area (TPSA) is 95.3 Å². The Bertz CT molecular complexity index is 1230. The number of aromatic nitrogens is 4. The number of anilines is 2. The van der Waals surface area contributed by atoms with Crippen molar-refractivity contribution < 1.29 is 9.90 Å². The van der Waals surface area contributed by atoms with Crippen molar-refractivity contribution in [3.8, 4) is 11.3 Å². The van der Waals surface area contributed by atoms with Crippen LogP contribution in [0, 0.1) is 0 Å². The first-order valence-electron chi connectivity index (χ1n) is 10.1. The molecule has 8 heteroatoms. The minimum absolute atomic E-state index is 0.200. The molecular formula is C23H20N6O2. The molecule has 1 saturated heterocycles. The van der Waals surface area contributed by atoms with Crippen LogP contribution in [0.15, 0.2) is 67.0 Å². The average Bonchev–Trinajstić information content (AvgIpc) is 2.84. The third kappa shape index (κ3) is 3.75. The van der Waals surface area contributed by atoms with E-state index in [1.54, 1.807) is 30.6 Å². The molecule has 31 heavy (non-hydrogen) atoms. The second kappa shape index (κ2) is 7.98. The van der Waals surface area contributed by atoms with E-state index in [1.807, 2.05) is 36.4 Å². The fraction of sp³-hybridized carbons (Fsp3) is 0.174. The molecule has 5 rings (SSSR count). The predicted octanol–water partition coefficient (Wildman–Crippen LogP) is 3.11. The van der Waals surface area contributed by atoms with Crippen molar-refractivity contribution in [2.24, 2.45) is 0 Å². The lowest BCUT2D eigenvalue weighted by Gasteiger charge is -2.36. The Kier molecular flexibility index (Phi) is 4.87. The summed E-state index contributed by atoms with van der Waals surface area (Å²) >= 11 is 0. The minimum Gasteiger partial charge on any atom is -0.478 e. The van der Waals surface area contributed by atoms with Gasteiger partial charge in [0.25, 0.3) is 0 Å². The van der Waals surface area contributed by atoms with Gasteiger partial charge in [-0.15, -0.1) is 0 Å². The number of benzene rings is 2. The summed E-state index contributed by atoms with van der Waals surface area (Å²) in [6.07, 6.45) is 3.49. The van der Waals surface area contributed by atoms with Crippen molar-refractivity contribution in [3.63, 3.8) is 0 Å². The minimum atomic E-state index is -0.978. The summed E-state index contributed by atoms with van der Waals surface area (Å²) in [5, 5.41) is 9.36. The number of aromatic carboxylic acids is 1. The highest BCUT2D eigenvalue weighted by Crippen LogP contribution is 2.31. The normalized spacial score (nSPS) is 14.1. The molecule has 0 atom stereocenters. The lowest BCUT2D eigenvalue weighted by molar-refractivity contribution is 0.0697. The number of hydrogen-bond acceptors (Lipinski definition) is 7. The van der Waals surface area contributed by atoms with Gasteiger partial charge in [-0.1, -0.05) is 30.3 Å². The van der Waals surface area contributed by atoms with E-state index >= 15 is 0 Å². The number of piperazine rings is 1. The van der Waals surface area contributed by atoms with Crippen LogP contribution in [0.25, 0.3) is 22.3 Å². The van der Waals surface area contributed by atoms with Crippen LogP contribution in [-0.4, -0.2) is 57.2 Å². The fourth-order valence-corrected chi connectivity index (χ4v) is 3.76. The Morgan fingerprint density at radius 3 is 2.23 bits per heavy atom. The van der Waals surface area contributed by atoms with Gasteiger partial charge in [-0.25, -0.2) is 24.7 Å². The molecule has 2 aromatic carbocycles. The molecule has 0 amide bonds. The van der Waals surface area contributed by atoms with Crippen molar-refractivity contribution in [1.29, 1.82) is 0 Å². The molecule has 0 saturated carbocycles. The third-order valence-corrected chi connectivity index (χ3v) is 5.35. The molecule has 0 radical (unpaired) electrons. The van der Waals surface area contributed by atoms with E-state index in [2.05, 4.69) is 19.8 Å². The van der Waals surface area contributed by atoms with Crippen LogP contribution in [-0.2, 0) is 0 Å². The first-order valence-corrected chi connectivity index (χ1v) is 10.1. The summed E-state index contributed by atoms with van der Waals surface area (Å²) in [7, 11) is 0. The summed E-state index contributed by atoms with van der Waals surface area (Å²) < 4.78 is 0. The molecule has 3 heterocycles. The molecule has 4 aromatic rings. The van der Waals surface area contributed by atoms with Gasteiger partial charge in [-0.05, 0) is 24.3 Å². The molecule has 1 aliphatic rings. The number of hydrogen-bond donors (Lipinski definition) is 1. The zero-order valence-corrected chi connectivity index (χ0v) is 16.7. The zero-order valence-electron chi connectivity index (χ0n) is 16.7.